The highest BCUT2D eigenvalue weighted by Crippen LogP contribution is 2.10. The predicted molar refractivity (Wildman–Crippen MR) is 58.0 cm³/mol. The van der Waals surface area contributed by atoms with Crippen molar-refractivity contribution in [3.63, 3.8) is 0 Å². The van der Waals surface area contributed by atoms with E-state index in [2.05, 4.69) is 5.32 Å². The maximum Gasteiger partial charge on any atom is 0.125 e. The first-order chi connectivity index (χ1) is 6.63. The van der Waals surface area contributed by atoms with Crippen molar-refractivity contribution in [3.8, 4) is 0 Å². The van der Waals surface area contributed by atoms with Crippen LogP contribution in [0.2, 0.25) is 5.02 Å². The zero-order valence-electron chi connectivity index (χ0n) is 7.92. The van der Waals surface area contributed by atoms with Gasteiger partial charge in [-0.25, -0.2) is 0 Å². The van der Waals surface area contributed by atoms with E-state index in [-0.39, 0.29) is 18.5 Å². The van der Waals surface area contributed by atoms with Crippen LogP contribution in [0.1, 0.15) is 12.5 Å². The van der Waals surface area contributed by atoms with Crippen LogP contribution in [0, 0.1) is 5.41 Å². The minimum atomic E-state index is -0.124. The molecular weight excluding hydrogens is 200 g/mol. The summed E-state index contributed by atoms with van der Waals surface area (Å²) in [6.07, 6.45) is 0. The lowest BCUT2D eigenvalue weighted by atomic mass is 10.2. The number of halogens is 1. The number of benzene rings is 1. The van der Waals surface area contributed by atoms with Crippen LogP contribution in [0.5, 0.6) is 0 Å². The molecule has 1 atom stereocenters. The summed E-state index contributed by atoms with van der Waals surface area (Å²) in [7, 11) is 0. The largest absolute Gasteiger partial charge is 0.394 e. The van der Waals surface area contributed by atoms with Crippen LogP contribution < -0.4 is 5.32 Å². The van der Waals surface area contributed by atoms with Crippen molar-refractivity contribution in [1.82, 2.24) is 5.32 Å². The molecule has 0 heterocycles. The lowest BCUT2D eigenvalue weighted by molar-refractivity contribution is 0.264. The van der Waals surface area contributed by atoms with E-state index in [0.29, 0.717) is 5.02 Å². The predicted octanol–water partition coefficient (Wildman–Crippen LogP) is 1.64. The van der Waals surface area contributed by atoms with Crippen molar-refractivity contribution in [1.29, 1.82) is 5.41 Å². The van der Waals surface area contributed by atoms with Crippen molar-refractivity contribution in [2.75, 3.05) is 6.61 Å². The SMILES string of the molecule is CC(CO)NC(=N)c1cccc(Cl)c1. The van der Waals surface area contributed by atoms with Gasteiger partial charge in [0.1, 0.15) is 5.84 Å². The molecule has 0 spiro atoms. The molecular formula is C10H13ClN2O. The van der Waals surface area contributed by atoms with Crippen LogP contribution in [0.25, 0.3) is 0 Å². The van der Waals surface area contributed by atoms with Gasteiger partial charge in [0.05, 0.1) is 6.61 Å². The molecule has 76 valence electrons. The molecule has 1 rings (SSSR count). The number of hydrogen-bond acceptors (Lipinski definition) is 2. The Kier molecular flexibility index (Phi) is 3.92. The molecule has 0 aliphatic heterocycles. The summed E-state index contributed by atoms with van der Waals surface area (Å²) in [4.78, 5) is 0. The van der Waals surface area contributed by atoms with E-state index in [1.165, 1.54) is 0 Å². The molecule has 1 aromatic rings. The third-order valence-electron chi connectivity index (χ3n) is 1.78. The van der Waals surface area contributed by atoms with Crippen LogP contribution in [0.4, 0.5) is 0 Å². The number of amidine groups is 1. The second kappa shape index (κ2) is 4.98. The zero-order valence-corrected chi connectivity index (χ0v) is 8.67. The maximum absolute atomic E-state index is 8.80. The highest BCUT2D eigenvalue weighted by atomic mass is 35.5. The molecule has 0 aliphatic rings. The van der Waals surface area contributed by atoms with Gasteiger partial charge >= 0.3 is 0 Å². The highest BCUT2D eigenvalue weighted by Gasteiger charge is 2.04. The van der Waals surface area contributed by atoms with Gasteiger partial charge in [0, 0.05) is 16.6 Å². The van der Waals surface area contributed by atoms with Crippen LogP contribution in [-0.2, 0) is 0 Å². The fraction of sp³-hybridized carbons (Fsp3) is 0.300. The molecule has 0 aromatic heterocycles. The summed E-state index contributed by atoms with van der Waals surface area (Å²) in [5.41, 5.74) is 0.720. The second-order valence-corrected chi connectivity index (χ2v) is 3.55. The average molecular weight is 213 g/mol. The fourth-order valence-corrected chi connectivity index (χ4v) is 1.21. The zero-order chi connectivity index (χ0) is 10.6. The lowest BCUT2D eigenvalue weighted by Crippen LogP contribution is -2.34. The van der Waals surface area contributed by atoms with Gasteiger partial charge in [-0.2, -0.15) is 0 Å². The Hall–Kier alpha value is -1.06. The van der Waals surface area contributed by atoms with Crippen molar-refractivity contribution in [2.24, 2.45) is 0 Å². The average Bonchev–Trinajstić information content (AvgIpc) is 2.17. The number of rotatable bonds is 3. The van der Waals surface area contributed by atoms with Crippen LogP contribution in [0.15, 0.2) is 24.3 Å². The molecule has 3 N–H and O–H groups in total. The fourth-order valence-electron chi connectivity index (χ4n) is 1.02. The van der Waals surface area contributed by atoms with E-state index in [4.69, 9.17) is 22.1 Å². The van der Waals surface area contributed by atoms with Crippen molar-refractivity contribution < 1.29 is 5.11 Å². The summed E-state index contributed by atoms with van der Waals surface area (Å²) in [6, 6.07) is 6.93. The number of hydrogen-bond donors (Lipinski definition) is 3. The van der Waals surface area contributed by atoms with E-state index in [9.17, 15) is 0 Å². The molecule has 0 amide bonds. The highest BCUT2D eigenvalue weighted by molar-refractivity contribution is 6.31. The summed E-state index contributed by atoms with van der Waals surface area (Å²) in [5, 5.41) is 19.9. The number of nitrogens with one attached hydrogen (secondary N) is 2. The van der Waals surface area contributed by atoms with Gasteiger partial charge in [-0.05, 0) is 19.1 Å². The summed E-state index contributed by atoms with van der Waals surface area (Å²) in [6.45, 7) is 1.81. The molecule has 0 saturated heterocycles. The molecule has 0 aliphatic carbocycles. The Morgan fingerprint density at radius 2 is 2.36 bits per heavy atom. The lowest BCUT2D eigenvalue weighted by Gasteiger charge is -2.13. The van der Waals surface area contributed by atoms with Gasteiger partial charge in [0.15, 0.2) is 0 Å². The quantitative estimate of drug-likeness (QED) is 0.527. The van der Waals surface area contributed by atoms with Gasteiger partial charge in [-0.3, -0.25) is 5.41 Å². The molecule has 0 bridgehead atoms. The molecule has 0 radical (unpaired) electrons. The minimum absolute atomic E-state index is 0.00292. The number of aliphatic hydroxyl groups is 1. The van der Waals surface area contributed by atoms with Crippen molar-refractivity contribution in [2.45, 2.75) is 13.0 Å². The third kappa shape index (κ3) is 3.01. The van der Waals surface area contributed by atoms with E-state index in [1.54, 1.807) is 31.2 Å². The normalized spacial score (nSPS) is 12.2. The van der Waals surface area contributed by atoms with Crippen molar-refractivity contribution in [3.05, 3.63) is 34.9 Å². The third-order valence-corrected chi connectivity index (χ3v) is 2.01. The van der Waals surface area contributed by atoms with E-state index in [0.717, 1.165) is 5.56 Å². The molecule has 0 fully saturated rings. The topological polar surface area (TPSA) is 56.1 Å². The van der Waals surface area contributed by atoms with Gasteiger partial charge in [0.2, 0.25) is 0 Å². The first-order valence-electron chi connectivity index (χ1n) is 4.35. The Morgan fingerprint density at radius 1 is 1.64 bits per heavy atom. The summed E-state index contributed by atoms with van der Waals surface area (Å²) < 4.78 is 0. The Labute approximate surface area is 88.2 Å². The van der Waals surface area contributed by atoms with Crippen LogP contribution in [0.3, 0.4) is 0 Å². The molecule has 3 nitrogen and oxygen atoms in total. The molecule has 14 heavy (non-hydrogen) atoms. The summed E-state index contributed by atoms with van der Waals surface area (Å²) in [5.74, 6) is 0.272. The Balaban J connectivity index is 2.70. The minimum Gasteiger partial charge on any atom is -0.394 e. The van der Waals surface area contributed by atoms with E-state index < -0.39 is 0 Å². The molecule has 4 heteroatoms. The van der Waals surface area contributed by atoms with Crippen LogP contribution >= 0.6 is 11.6 Å². The smallest absolute Gasteiger partial charge is 0.125 e. The van der Waals surface area contributed by atoms with Gasteiger partial charge in [0.25, 0.3) is 0 Å². The first-order valence-corrected chi connectivity index (χ1v) is 4.73. The Morgan fingerprint density at radius 3 is 2.93 bits per heavy atom. The van der Waals surface area contributed by atoms with E-state index >= 15 is 0 Å². The molecule has 1 aromatic carbocycles. The maximum atomic E-state index is 8.80. The second-order valence-electron chi connectivity index (χ2n) is 3.11. The van der Waals surface area contributed by atoms with Gasteiger partial charge in [-0.15, -0.1) is 0 Å². The molecule has 0 saturated carbocycles. The monoisotopic (exact) mass is 212 g/mol. The number of aliphatic hydroxyl groups excluding tert-OH is 1. The first kappa shape index (κ1) is 11.0. The molecule has 1 unspecified atom stereocenters. The van der Waals surface area contributed by atoms with Crippen LogP contribution in [-0.4, -0.2) is 23.6 Å². The van der Waals surface area contributed by atoms with Gasteiger partial charge in [-0.1, -0.05) is 23.7 Å². The van der Waals surface area contributed by atoms with Gasteiger partial charge < -0.3 is 10.4 Å². The standard InChI is InChI=1S/C10H13ClN2O/c1-7(6-14)13-10(12)8-3-2-4-9(11)5-8/h2-5,7,14H,6H2,1H3,(H2,12,13). The summed E-state index contributed by atoms with van der Waals surface area (Å²) >= 11 is 5.79. The van der Waals surface area contributed by atoms with Crippen molar-refractivity contribution >= 4 is 17.4 Å². The van der Waals surface area contributed by atoms with E-state index in [1.807, 2.05) is 0 Å². The Bertz CT molecular complexity index is 328.